The average molecular weight is 517 g/mol. The summed E-state index contributed by atoms with van der Waals surface area (Å²) >= 11 is 1.25. The third-order valence-corrected chi connectivity index (χ3v) is 7.23. The minimum atomic E-state index is -3.28. The Morgan fingerprint density at radius 3 is 2.22 bits per heavy atom. The molecule has 3 aromatic carbocycles. The number of benzene rings is 3. The average Bonchev–Trinajstić information content (AvgIpc) is 3.40. The summed E-state index contributed by atoms with van der Waals surface area (Å²) in [5, 5.41) is 13.7. The van der Waals surface area contributed by atoms with Gasteiger partial charge in [-0.25, -0.2) is 4.98 Å². The van der Waals surface area contributed by atoms with Gasteiger partial charge in [0.05, 0.1) is 16.5 Å². The quantitative estimate of drug-likeness (QED) is 0.159. The van der Waals surface area contributed by atoms with Crippen molar-refractivity contribution in [1.29, 1.82) is 5.26 Å². The molecule has 0 saturated carbocycles. The molecule has 0 unspecified atom stereocenters. The van der Waals surface area contributed by atoms with Gasteiger partial charge in [-0.15, -0.1) is 11.3 Å². The Kier molecular flexibility index (Phi) is 7.58. The molecule has 0 aliphatic carbocycles. The number of hydrogen-bond donors (Lipinski definition) is 4. The Labute approximate surface area is 213 Å². The van der Waals surface area contributed by atoms with E-state index in [9.17, 15) is 18.7 Å². The maximum absolute atomic E-state index is 12.6. The molecule has 4 N–H and O–H groups in total. The number of thiazole rings is 1. The Balaban J connectivity index is 1.35. The van der Waals surface area contributed by atoms with Crippen LogP contribution in [0.15, 0.2) is 95.3 Å². The van der Waals surface area contributed by atoms with Gasteiger partial charge in [0.15, 0.2) is 5.78 Å². The van der Waals surface area contributed by atoms with Crippen molar-refractivity contribution >= 4 is 50.7 Å². The second kappa shape index (κ2) is 11.0. The van der Waals surface area contributed by atoms with Crippen LogP contribution in [0.3, 0.4) is 0 Å². The van der Waals surface area contributed by atoms with Gasteiger partial charge in [0, 0.05) is 28.4 Å². The number of rotatable bonds is 8. The molecular formula is C26H20N4O4S2. The summed E-state index contributed by atoms with van der Waals surface area (Å²) in [6.07, 6.45) is 4.64. The monoisotopic (exact) mass is 516 g/mol. The number of ketones is 1. The molecule has 1 heterocycles. The second-order valence-corrected chi connectivity index (χ2v) is 10.1. The Hall–Kier alpha value is -4.27. The van der Waals surface area contributed by atoms with Gasteiger partial charge in [-0.1, -0.05) is 29.0 Å². The fraction of sp³-hybridized carbons (Fsp3) is 0. The van der Waals surface area contributed by atoms with Gasteiger partial charge in [0.1, 0.15) is 0 Å². The number of nitriles is 1. The highest BCUT2D eigenvalue weighted by Gasteiger charge is 2.17. The fourth-order valence-corrected chi connectivity index (χ4v) is 4.95. The van der Waals surface area contributed by atoms with Crippen LogP contribution in [0.5, 0.6) is 0 Å². The summed E-state index contributed by atoms with van der Waals surface area (Å²) in [6, 6.07) is 21.3. The number of allylic oxidation sites excluding steroid dienone is 1. The molecule has 0 aliphatic rings. The van der Waals surface area contributed by atoms with Crippen LogP contribution in [-0.2, 0) is 0 Å². The number of nitrogens with one attached hydrogen (secondary N) is 2. The normalized spacial score (nSPS) is 11.6. The van der Waals surface area contributed by atoms with Crippen LogP contribution < -0.4 is 10.0 Å². The third-order valence-electron chi connectivity index (χ3n) is 5.00. The van der Waals surface area contributed by atoms with E-state index in [0.29, 0.717) is 27.5 Å². The Morgan fingerprint density at radius 1 is 0.944 bits per heavy atom. The highest BCUT2D eigenvalue weighted by atomic mass is 32.3. The molecule has 0 bridgehead atoms. The van der Waals surface area contributed by atoms with Gasteiger partial charge >= 0.3 is 0 Å². The number of nitrogens with zero attached hydrogens (tertiary/aromatic N) is 2. The molecule has 0 atom stereocenters. The highest BCUT2D eigenvalue weighted by molar-refractivity contribution is 8.25. The van der Waals surface area contributed by atoms with Gasteiger partial charge in [-0.05, 0) is 72.3 Å². The van der Waals surface area contributed by atoms with E-state index in [1.807, 2.05) is 6.07 Å². The summed E-state index contributed by atoms with van der Waals surface area (Å²) in [5.74, 6) is -0.525. The molecule has 36 heavy (non-hydrogen) atoms. The van der Waals surface area contributed by atoms with Crippen molar-refractivity contribution < 1.29 is 18.7 Å². The molecule has 10 heteroatoms. The van der Waals surface area contributed by atoms with Crippen molar-refractivity contribution in [2.24, 2.45) is 0 Å². The first-order valence-electron chi connectivity index (χ1n) is 10.5. The van der Waals surface area contributed by atoms with E-state index >= 15 is 0 Å². The molecule has 8 nitrogen and oxygen atoms in total. The summed E-state index contributed by atoms with van der Waals surface area (Å²) in [4.78, 5) is 29.1. The lowest BCUT2D eigenvalue weighted by Crippen LogP contribution is -2.12. The first-order valence-corrected chi connectivity index (χ1v) is 13.0. The summed E-state index contributed by atoms with van der Waals surface area (Å²) in [7, 11) is -3.28. The summed E-state index contributed by atoms with van der Waals surface area (Å²) in [6.45, 7) is 0. The zero-order chi connectivity index (χ0) is 25.5. The van der Waals surface area contributed by atoms with Crippen LogP contribution in [0.2, 0.25) is 0 Å². The van der Waals surface area contributed by atoms with Crippen LogP contribution in [0.1, 0.15) is 31.8 Å². The third kappa shape index (κ3) is 6.24. The van der Waals surface area contributed by atoms with Crippen LogP contribution in [0.4, 0.5) is 10.8 Å². The Morgan fingerprint density at radius 2 is 1.61 bits per heavy atom. The highest BCUT2D eigenvalue weighted by Crippen LogP contribution is 2.48. The topological polar surface area (TPSA) is 135 Å². The number of amides is 1. The molecule has 1 amide bonds. The standard InChI is InChI=1S/C26H20N4O4S2/c27-17-19-3-6-20(7-4-19)24(31)14-5-18-1-8-21(9-2-18)25(32)29-22-10-12-23(13-11-22)36(33,34)30-26-28-15-16-35-26/h1-16,33-34H,(H,28,30)(H,29,32)/b14-5+. The number of carbonyl (C=O) groups is 2. The minimum Gasteiger partial charge on any atom is -0.322 e. The van der Waals surface area contributed by atoms with E-state index in [4.69, 9.17) is 5.26 Å². The largest absolute Gasteiger partial charge is 0.322 e. The summed E-state index contributed by atoms with van der Waals surface area (Å²) < 4.78 is 23.3. The van der Waals surface area contributed by atoms with Crippen molar-refractivity contribution in [3.05, 3.63) is 113 Å². The predicted octanol–water partition coefficient (Wildman–Crippen LogP) is 6.30. The zero-order valence-electron chi connectivity index (χ0n) is 18.7. The smallest absolute Gasteiger partial charge is 0.255 e. The minimum absolute atomic E-state index is 0.191. The summed E-state index contributed by atoms with van der Waals surface area (Å²) in [5.41, 5.74) is 2.62. The van der Waals surface area contributed by atoms with Crippen molar-refractivity contribution in [3.8, 4) is 6.07 Å². The molecule has 0 radical (unpaired) electrons. The van der Waals surface area contributed by atoms with Crippen molar-refractivity contribution in [2.45, 2.75) is 4.90 Å². The van der Waals surface area contributed by atoms with Crippen LogP contribution in [-0.4, -0.2) is 25.8 Å². The lowest BCUT2D eigenvalue weighted by molar-refractivity contribution is 0.102. The van der Waals surface area contributed by atoms with Crippen LogP contribution in [0, 0.1) is 11.3 Å². The molecule has 4 rings (SSSR count). The van der Waals surface area contributed by atoms with Gasteiger partial charge in [0.2, 0.25) is 5.13 Å². The van der Waals surface area contributed by atoms with Crippen molar-refractivity contribution in [3.63, 3.8) is 0 Å². The molecular weight excluding hydrogens is 496 g/mol. The number of aromatic nitrogens is 1. The SMILES string of the molecule is N#Cc1ccc(C(=O)/C=C/c2ccc(C(=O)Nc3ccc(S(O)(O)Nc4nccs4)cc3)cc2)cc1. The molecule has 0 fully saturated rings. The van der Waals surface area contributed by atoms with Crippen LogP contribution >= 0.6 is 22.1 Å². The van der Waals surface area contributed by atoms with Crippen LogP contribution in [0.25, 0.3) is 6.08 Å². The Bertz CT molecular complexity index is 1430. The molecule has 4 aromatic rings. The molecule has 0 aliphatic heterocycles. The van der Waals surface area contributed by atoms with Crippen molar-refractivity contribution in [1.82, 2.24) is 4.98 Å². The fourth-order valence-electron chi connectivity index (χ4n) is 3.11. The number of carbonyl (C=O) groups excluding carboxylic acids is 2. The number of anilines is 2. The van der Waals surface area contributed by atoms with E-state index < -0.39 is 10.8 Å². The first-order chi connectivity index (χ1) is 17.3. The van der Waals surface area contributed by atoms with Gasteiger partial charge < -0.3 is 5.32 Å². The molecule has 0 saturated heterocycles. The predicted molar refractivity (Wildman–Crippen MR) is 142 cm³/mol. The van der Waals surface area contributed by atoms with E-state index in [1.54, 1.807) is 78.3 Å². The maximum Gasteiger partial charge on any atom is 0.255 e. The number of hydrogen-bond acceptors (Lipinski definition) is 8. The van der Waals surface area contributed by atoms with E-state index in [-0.39, 0.29) is 16.6 Å². The van der Waals surface area contributed by atoms with E-state index in [2.05, 4.69) is 15.0 Å². The lowest BCUT2D eigenvalue weighted by atomic mass is 10.1. The molecule has 0 spiro atoms. The lowest BCUT2D eigenvalue weighted by Gasteiger charge is -2.32. The van der Waals surface area contributed by atoms with E-state index in [0.717, 1.165) is 5.56 Å². The molecule has 1 aromatic heterocycles. The second-order valence-electron chi connectivity index (χ2n) is 7.48. The van der Waals surface area contributed by atoms with Gasteiger partial charge in [0.25, 0.3) is 5.91 Å². The maximum atomic E-state index is 12.6. The van der Waals surface area contributed by atoms with Gasteiger partial charge in [-0.3, -0.25) is 23.4 Å². The first kappa shape index (κ1) is 24.8. The molecule has 180 valence electrons. The van der Waals surface area contributed by atoms with E-state index in [1.165, 1.54) is 29.5 Å². The zero-order valence-corrected chi connectivity index (χ0v) is 20.3. The van der Waals surface area contributed by atoms with Crippen molar-refractivity contribution in [2.75, 3.05) is 10.0 Å². The van der Waals surface area contributed by atoms with Gasteiger partial charge in [-0.2, -0.15) is 5.26 Å².